The molecule has 0 radical (unpaired) electrons. The maximum atomic E-state index is 12.8. The molecule has 1 unspecified atom stereocenters. The van der Waals surface area contributed by atoms with Gasteiger partial charge >= 0.3 is 0 Å². The van der Waals surface area contributed by atoms with Crippen LogP contribution in [-0.2, 0) is 4.79 Å². The van der Waals surface area contributed by atoms with E-state index in [4.69, 9.17) is 10.00 Å². The molecule has 2 rings (SSSR count). The Morgan fingerprint density at radius 2 is 2.04 bits per heavy atom. The molecular weight excluding hydrogens is 292 g/mol. The maximum absolute atomic E-state index is 12.8. The molecule has 5 heteroatoms. The number of aliphatic hydroxyl groups is 1. The molecule has 5 nitrogen and oxygen atoms in total. The van der Waals surface area contributed by atoms with Crippen LogP contribution in [0.25, 0.3) is 0 Å². The van der Waals surface area contributed by atoms with Gasteiger partial charge in [0, 0.05) is 19.7 Å². The van der Waals surface area contributed by atoms with Crippen LogP contribution >= 0.6 is 0 Å². The Labute approximate surface area is 137 Å². The van der Waals surface area contributed by atoms with E-state index in [2.05, 4.69) is 6.07 Å². The third-order valence-electron chi connectivity index (χ3n) is 4.29. The van der Waals surface area contributed by atoms with Gasteiger partial charge in [0.15, 0.2) is 6.10 Å². The van der Waals surface area contributed by atoms with Crippen molar-refractivity contribution >= 4 is 5.91 Å². The highest BCUT2D eigenvalue weighted by atomic mass is 16.5. The molecule has 1 aliphatic rings. The second-order valence-electron chi connectivity index (χ2n) is 6.34. The van der Waals surface area contributed by atoms with E-state index in [9.17, 15) is 9.90 Å². The van der Waals surface area contributed by atoms with Gasteiger partial charge in [-0.2, -0.15) is 5.26 Å². The summed E-state index contributed by atoms with van der Waals surface area (Å²) in [4.78, 5) is 14.6. The van der Waals surface area contributed by atoms with E-state index < -0.39 is 6.10 Å². The molecule has 1 aromatic rings. The molecule has 0 spiro atoms. The van der Waals surface area contributed by atoms with Gasteiger partial charge < -0.3 is 14.7 Å². The highest BCUT2D eigenvalue weighted by Crippen LogP contribution is 2.24. The molecule has 1 N–H and O–H groups in total. The second kappa shape index (κ2) is 7.98. The number of nitrogens with zero attached hydrogens (tertiary/aromatic N) is 2. The zero-order chi connectivity index (χ0) is 16.8. The van der Waals surface area contributed by atoms with Gasteiger partial charge in [0.25, 0.3) is 5.91 Å². The molecule has 1 aromatic carbocycles. The molecule has 23 heavy (non-hydrogen) atoms. The Balaban J connectivity index is 2.09. The number of amides is 1. The average molecular weight is 316 g/mol. The molecule has 1 saturated heterocycles. The van der Waals surface area contributed by atoms with Crippen LogP contribution in [0.3, 0.4) is 0 Å². The van der Waals surface area contributed by atoms with Crippen LogP contribution in [-0.4, -0.2) is 41.7 Å². The van der Waals surface area contributed by atoms with Crippen molar-refractivity contribution in [1.29, 1.82) is 5.26 Å². The van der Waals surface area contributed by atoms with Crippen molar-refractivity contribution in [2.24, 2.45) is 11.8 Å². The topological polar surface area (TPSA) is 73.6 Å². The number of benzene rings is 1. The van der Waals surface area contributed by atoms with E-state index in [1.165, 1.54) is 0 Å². The molecule has 1 amide bonds. The van der Waals surface area contributed by atoms with Gasteiger partial charge in [-0.15, -0.1) is 0 Å². The monoisotopic (exact) mass is 316 g/mol. The second-order valence-corrected chi connectivity index (χ2v) is 6.34. The van der Waals surface area contributed by atoms with Crippen molar-refractivity contribution in [3.63, 3.8) is 0 Å². The molecule has 1 fully saturated rings. The van der Waals surface area contributed by atoms with Crippen LogP contribution in [0.1, 0.15) is 32.3 Å². The summed E-state index contributed by atoms with van der Waals surface area (Å²) in [6.07, 6.45) is 1.04. The lowest BCUT2D eigenvalue weighted by Crippen LogP contribution is -2.48. The molecular formula is C18H24N2O3. The van der Waals surface area contributed by atoms with Crippen molar-refractivity contribution < 1.29 is 14.6 Å². The van der Waals surface area contributed by atoms with E-state index in [-0.39, 0.29) is 24.3 Å². The lowest BCUT2D eigenvalue weighted by atomic mass is 9.96. The lowest BCUT2D eigenvalue weighted by Gasteiger charge is -2.34. The number of ether oxygens (including phenoxy) is 1. The molecule has 0 saturated carbocycles. The zero-order valence-corrected chi connectivity index (χ0v) is 13.7. The Hall–Kier alpha value is -2.06. The number of rotatable bonds is 5. The summed E-state index contributed by atoms with van der Waals surface area (Å²) in [5.41, 5.74) is 0.435. The summed E-state index contributed by atoms with van der Waals surface area (Å²) in [7, 11) is 0. The minimum atomic E-state index is -0.602. The summed E-state index contributed by atoms with van der Waals surface area (Å²) < 4.78 is 5.90. The first-order chi connectivity index (χ1) is 11.1. The largest absolute Gasteiger partial charge is 0.479 e. The zero-order valence-electron chi connectivity index (χ0n) is 13.7. The number of para-hydroxylation sites is 1. The normalized spacial score (nSPS) is 16.9. The number of aliphatic hydroxyl groups excluding tert-OH is 1. The van der Waals surface area contributed by atoms with E-state index in [0.717, 1.165) is 12.8 Å². The summed E-state index contributed by atoms with van der Waals surface area (Å²) in [6, 6.07) is 9.07. The van der Waals surface area contributed by atoms with Crippen LogP contribution in [0, 0.1) is 23.2 Å². The number of nitriles is 1. The molecule has 124 valence electrons. The van der Waals surface area contributed by atoms with Crippen molar-refractivity contribution in [3.8, 4) is 11.8 Å². The van der Waals surface area contributed by atoms with Crippen LogP contribution in [0.15, 0.2) is 24.3 Å². The van der Waals surface area contributed by atoms with Crippen molar-refractivity contribution in [3.05, 3.63) is 29.8 Å². The molecule has 0 aliphatic carbocycles. The van der Waals surface area contributed by atoms with Crippen LogP contribution in [0.2, 0.25) is 0 Å². The van der Waals surface area contributed by atoms with Gasteiger partial charge in [-0.25, -0.2) is 0 Å². The van der Waals surface area contributed by atoms with Crippen molar-refractivity contribution in [2.45, 2.75) is 32.8 Å². The highest BCUT2D eigenvalue weighted by molar-refractivity contribution is 5.81. The van der Waals surface area contributed by atoms with E-state index in [1.54, 1.807) is 24.3 Å². The Morgan fingerprint density at radius 1 is 1.39 bits per heavy atom. The quantitative estimate of drug-likeness (QED) is 0.903. The predicted octanol–water partition coefficient (Wildman–Crippen LogP) is 2.19. The number of carbonyl (C=O) groups excluding carboxylic acids is 1. The summed E-state index contributed by atoms with van der Waals surface area (Å²) in [5.74, 6) is 0.707. The highest BCUT2D eigenvalue weighted by Gasteiger charge is 2.31. The smallest absolute Gasteiger partial charge is 0.263 e. The number of piperidine rings is 1. The molecule has 1 atom stereocenters. The Morgan fingerprint density at radius 3 is 2.61 bits per heavy atom. The minimum Gasteiger partial charge on any atom is -0.479 e. The summed E-state index contributed by atoms with van der Waals surface area (Å²) in [5, 5.41) is 18.4. The Kier molecular flexibility index (Phi) is 6.00. The number of carbonyl (C=O) groups is 1. The predicted molar refractivity (Wildman–Crippen MR) is 86.8 cm³/mol. The van der Waals surface area contributed by atoms with Gasteiger partial charge in [-0.1, -0.05) is 26.0 Å². The Bertz CT molecular complexity index is 572. The van der Waals surface area contributed by atoms with E-state index in [0.29, 0.717) is 24.4 Å². The van der Waals surface area contributed by atoms with Gasteiger partial charge in [0.05, 0.1) is 5.56 Å². The first kappa shape index (κ1) is 17.3. The van der Waals surface area contributed by atoms with Gasteiger partial charge in [0.2, 0.25) is 0 Å². The third-order valence-corrected chi connectivity index (χ3v) is 4.29. The molecule has 1 aliphatic heterocycles. The standard InChI is InChI=1S/C18H24N2O3/c1-13(2)17(23-16-6-4-3-5-15(16)11-19)18(22)20-9-7-14(12-21)8-10-20/h3-6,13-14,17,21H,7-10,12H2,1-2H3. The van der Waals surface area contributed by atoms with Crippen LogP contribution in [0.5, 0.6) is 5.75 Å². The van der Waals surface area contributed by atoms with Gasteiger partial charge in [-0.3, -0.25) is 4.79 Å². The first-order valence-corrected chi connectivity index (χ1v) is 8.12. The minimum absolute atomic E-state index is 0.00446. The fraction of sp³-hybridized carbons (Fsp3) is 0.556. The van der Waals surface area contributed by atoms with Gasteiger partial charge in [0.1, 0.15) is 11.8 Å². The fourth-order valence-electron chi connectivity index (χ4n) is 2.79. The van der Waals surface area contributed by atoms with Gasteiger partial charge in [-0.05, 0) is 36.8 Å². The third kappa shape index (κ3) is 4.23. The first-order valence-electron chi connectivity index (χ1n) is 8.12. The lowest BCUT2D eigenvalue weighted by molar-refractivity contribution is -0.142. The number of hydrogen-bond acceptors (Lipinski definition) is 4. The number of likely N-dealkylation sites (tertiary alicyclic amines) is 1. The van der Waals surface area contributed by atoms with Crippen LogP contribution in [0.4, 0.5) is 0 Å². The summed E-state index contributed by atoms with van der Waals surface area (Å²) >= 11 is 0. The molecule has 0 bridgehead atoms. The van der Waals surface area contributed by atoms with E-state index >= 15 is 0 Å². The van der Waals surface area contributed by atoms with Crippen LogP contribution < -0.4 is 4.74 Å². The van der Waals surface area contributed by atoms with Crippen molar-refractivity contribution in [2.75, 3.05) is 19.7 Å². The average Bonchev–Trinajstić information content (AvgIpc) is 2.59. The summed E-state index contributed by atoms with van der Waals surface area (Å²) in [6.45, 7) is 5.37. The molecule has 1 heterocycles. The van der Waals surface area contributed by atoms with E-state index in [1.807, 2.05) is 18.7 Å². The number of hydrogen-bond donors (Lipinski definition) is 1. The SMILES string of the molecule is CC(C)C(Oc1ccccc1C#N)C(=O)N1CCC(CO)CC1. The fourth-order valence-corrected chi connectivity index (χ4v) is 2.79. The molecule has 0 aromatic heterocycles. The van der Waals surface area contributed by atoms with Crippen molar-refractivity contribution in [1.82, 2.24) is 4.90 Å². The maximum Gasteiger partial charge on any atom is 0.263 e.